The van der Waals surface area contributed by atoms with E-state index in [1.54, 1.807) is 12.1 Å². The fourth-order valence-corrected chi connectivity index (χ4v) is 4.17. The van der Waals surface area contributed by atoms with Crippen molar-refractivity contribution < 1.29 is 27.5 Å². The van der Waals surface area contributed by atoms with Gasteiger partial charge in [-0.15, -0.1) is 5.10 Å². The van der Waals surface area contributed by atoms with E-state index in [-0.39, 0.29) is 28.9 Å². The molecule has 0 aliphatic heterocycles. The lowest BCUT2D eigenvalue weighted by Crippen LogP contribution is -2.30. The molecule has 0 fully saturated rings. The van der Waals surface area contributed by atoms with Crippen LogP contribution in [-0.4, -0.2) is 39.0 Å². The highest BCUT2D eigenvalue weighted by atomic mass is 35.5. The lowest BCUT2D eigenvalue weighted by Gasteiger charge is -2.18. The molecule has 14 heteroatoms. The third-order valence-corrected chi connectivity index (χ3v) is 6.38. The van der Waals surface area contributed by atoms with Gasteiger partial charge in [0.1, 0.15) is 13.2 Å². The number of amides is 1. The van der Waals surface area contributed by atoms with Gasteiger partial charge in [0.25, 0.3) is 0 Å². The summed E-state index contributed by atoms with van der Waals surface area (Å²) >= 11 is 18.2. The number of hydrogen-bond acceptors (Lipinski definition) is 5. The van der Waals surface area contributed by atoms with Gasteiger partial charge in [-0.3, -0.25) is 9.36 Å². The Morgan fingerprint density at radius 3 is 2.38 bits per heavy atom. The highest BCUT2D eigenvalue weighted by Gasteiger charge is 2.29. The molecule has 1 aromatic heterocycles. The van der Waals surface area contributed by atoms with Crippen molar-refractivity contribution in [2.45, 2.75) is 38.0 Å². The lowest BCUT2D eigenvalue weighted by molar-refractivity contribution is -0.136. The largest absolute Gasteiger partial charge is 0.449 e. The number of Topliss-reactive ketones (excluding diaryl/α,β-unsaturated/α-hetero) is 1. The summed E-state index contributed by atoms with van der Waals surface area (Å²) in [6.07, 6.45) is -7.11. The number of hydrogen-bond donors (Lipinski definition) is 1. The molecule has 2 N–H and O–H groups in total. The van der Waals surface area contributed by atoms with Crippen molar-refractivity contribution in [3.05, 3.63) is 73.6 Å². The molecular weight excluding hydrogens is 560 g/mol. The van der Waals surface area contributed by atoms with E-state index in [1.165, 1.54) is 30.3 Å². The minimum Gasteiger partial charge on any atom is -0.449 e. The molecule has 198 valence electrons. The molecule has 0 spiro atoms. The molecule has 0 saturated carbocycles. The van der Waals surface area contributed by atoms with Crippen molar-refractivity contribution in [1.82, 2.24) is 14.3 Å². The highest BCUT2D eigenvalue weighted by Crippen LogP contribution is 2.33. The van der Waals surface area contributed by atoms with Gasteiger partial charge in [-0.2, -0.15) is 13.2 Å². The molecule has 3 aromatic rings. The van der Waals surface area contributed by atoms with Crippen LogP contribution in [0, 0.1) is 0 Å². The van der Waals surface area contributed by atoms with E-state index < -0.39 is 49.2 Å². The number of halogens is 6. The van der Waals surface area contributed by atoms with Crippen LogP contribution in [0.1, 0.15) is 24.3 Å². The van der Waals surface area contributed by atoms with Crippen LogP contribution >= 0.6 is 34.8 Å². The standard InChI is InChI=1S/C23H20Cl3F3N4O4/c24-15-6-4-13(5-7-15)20-31-33(22(36)32(20)9-8-23(27,28)29)11-16(34)10-14(12-37-21(30)35)17-2-1-3-18(25)19(17)26/h1-7,14H,8-12H2,(H2,30,35). The second kappa shape index (κ2) is 12.0. The fraction of sp³-hybridized carbons (Fsp3) is 0.304. The maximum atomic E-state index is 13.0. The number of benzene rings is 2. The predicted octanol–water partition coefficient (Wildman–Crippen LogP) is 5.46. The zero-order chi connectivity index (χ0) is 27.3. The van der Waals surface area contributed by atoms with Gasteiger partial charge in [0, 0.05) is 29.5 Å². The maximum Gasteiger partial charge on any atom is 0.404 e. The van der Waals surface area contributed by atoms with Crippen LogP contribution in [0.25, 0.3) is 11.4 Å². The normalized spacial score (nSPS) is 12.4. The lowest BCUT2D eigenvalue weighted by atomic mass is 9.94. The van der Waals surface area contributed by atoms with Crippen LogP contribution in [0.3, 0.4) is 0 Å². The fourth-order valence-electron chi connectivity index (χ4n) is 3.58. The molecule has 1 heterocycles. The molecule has 1 amide bonds. The average Bonchev–Trinajstić information content (AvgIpc) is 3.12. The Morgan fingerprint density at radius 1 is 1.08 bits per heavy atom. The molecule has 0 aliphatic rings. The van der Waals surface area contributed by atoms with Crippen molar-refractivity contribution in [3.8, 4) is 11.4 Å². The molecule has 1 atom stereocenters. The summed E-state index contributed by atoms with van der Waals surface area (Å²) in [6, 6.07) is 10.7. The van der Waals surface area contributed by atoms with Crippen molar-refractivity contribution in [1.29, 1.82) is 0 Å². The summed E-state index contributed by atoms with van der Waals surface area (Å²) in [5.74, 6) is -1.34. The van der Waals surface area contributed by atoms with Gasteiger partial charge in [0.2, 0.25) is 0 Å². The summed E-state index contributed by atoms with van der Waals surface area (Å²) < 4.78 is 45.2. The SMILES string of the molecule is NC(=O)OCC(CC(=O)Cn1nc(-c2ccc(Cl)cc2)n(CCC(F)(F)F)c1=O)c1cccc(Cl)c1Cl. The Bertz CT molecular complexity index is 1340. The Kier molecular flexibility index (Phi) is 9.27. The quantitative estimate of drug-likeness (QED) is 0.343. The van der Waals surface area contributed by atoms with Crippen LogP contribution in [0.15, 0.2) is 47.3 Å². The van der Waals surface area contributed by atoms with Crippen molar-refractivity contribution >= 4 is 46.7 Å². The van der Waals surface area contributed by atoms with Crippen molar-refractivity contribution in [3.63, 3.8) is 0 Å². The van der Waals surface area contributed by atoms with E-state index in [0.717, 1.165) is 9.25 Å². The monoisotopic (exact) mass is 578 g/mol. The van der Waals surface area contributed by atoms with Crippen LogP contribution in [-0.2, 0) is 22.6 Å². The molecule has 2 aromatic carbocycles. The molecule has 8 nitrogen and oxygen atoms in total. The molecule has 37 heavy (non-hydrogen) atoms. The number of rotatable bonds is 10. The Morgan fingerprint density at radius 2 is 1.76 bits per heavy atom. The minimum absolute atomic E-state index is 0.0507. The first-order valence-electron chi connectivity index (χ1n) is 10.7. The average molecular weight is 580 g/mol. The molecule has 1 unspecified atom stereocenters. The van der Waals surface area contributed by atoms with Gasteiger partial charge in [-0.05, 0) is 35.9 Å². The number of nitrogens with two attached hydrogens (primary N) is 1. The molecule has 0 saturated heterocycles. The Balaban J connectivity index is 1.90. The molecule has 3 rings (SSSR count). The third kappa shape index (κ3) is 7.73. The van der Waals surface area contributed by atoms with Crippen LogP contribution < -0.4 is 11.4 Å². The number of ketones is 1. The minimum atomic E-state index is -4.52. The zero-order valence-corrected chi connectivity index (χ0v) is 21.2. The second-order valence-corrected chi connectivity index (χ2v) is 9.22. The number of ether oxygens (including phenoxy) is 1. The van der Waals surface area contributed by atoms with Crippen molar-refractivity contribution in [2.75, 3.05) is 6.61 Å². The van der Waals surface area contributed by atoms with Gasteiger partial charge in [0.05, 0.1) is 16.5 Å². The van der Waals surface area contributed by atoms with E-state index in [0.29, 0.717) is 16.1 Å². The van der Waals surface area contributed by atoms with E-state index in [4.69, 9.17) is 45.3 Å². The maximum absolute atomic E-state index is 13.0. The third-order valence-electron chi connectivity index (χ3n) is 5.29. The van der Waals surface area contributed by atoms with Gasteiger partial charge >= 0.3 is 18.0 Å². The van der Waals surface area contributed by atoms with Crippen molar-refractivity contribution in [2.24, 2.45) is 5.73 Å². The Labute approximate surface area is 223 Å². The van der Waals surface area contributed by atoms with E-state index in [9.17, 15) is 27.6 Å². The Hall–Kier alpha value is -3.02. The highest BCUT2D eigenvalue weighted by molar-refractivity contribution is 6.42. The number of aromatic nitrogens is 3. The van der Waals surface area contributed by atoms with Crippen LogP contribution in [0.2, 0.25) is 15.1 Å². The summed E-state index contributed by atoms with van der Waals surface area (Å²) in [5.41, 5.74) is 4.91. The molecule has 0 aliphatic carbocycles. The number of carbonyl (C=O) groups is 2. The zero-order valence-electron chi connectivity index (χ0n) is 19.0. The van der Waals surface area contributed by atoms with Gasteiger partial charge in [-0.25, -0.2) is 14.3 Å². The van der Waals surface area contributed by atoms with E-state index in [1.807, 2.05) is 0 Å². The van der Waals surface area contributed by atoms with Crippen LogP contribution in [0.5, 0.6) is 0 Å². The smallest absolute Gasteiger partial charge is 0.404 e. The van der Waals surface area contributed by atoms with Gasteiger partial charge in [-0.1, -0.05) is 46.9 Å². The summed E-state index contributed by atoms with van der Waals surface area (Å²) in [7, 11) is 0. The molecule has 0 bridgehead atoms. The summed E-state index contributed by atoms with van der Waals surface area (Å²) in [4.78, 5) is 37.0. The first-order valence-corrected chi connectivity index (χ1v) is 11.9. The van der Waals surface area contributed by atoms with E-state index in [2.05, 4.69) is 5.10 Å². The summed E-state index contributed by atoms with van der Waals surface area (Å²) in [5, 5.41) is 4.86. The second-order valence-electron chi connectivity index (χ2n) is 8.00. The number of nitrogens with zero attached hydrogens (tertiary/aromatic N) is 3. The number of alkyl halides is 3. The topological polar surface area (TPSA) is 109 Å². The predicted molar refractivity (Wildman–Crippen MR) is 132 cm³/mol. The van der Waals surface area contributed by atoms with E-state index >= 15 is 0 Å². The number of primary amides is 1. The molecule has 0 radical (unpaired) electrons. The first-order chi connectivity index (χ1) is 17.4. The first kappa shape index (κ1) is 28.5. The summed E-state index contributed by atoms with van der Waals surface area (Å²) in [6.45, 7) is -1.54. The van der Waals surface area contributed by atoms with Gasteiger partial charge in [0.15, 0.2) is 11.6 Å². The number of carbonyl (C=O) groups excluding carboxylic acids is 2. The van der Waals surface area contributed by atoms with Crippen LogP contribution in [0.4, 0.5) is 18.0 Å². The van der Waals surface area contributed by atoms with Gasteiger partial charge < -0.3 is 10.5 Å². The molecular formula is C23H20Cl3F3N4O4.